The molecule has 2 unspecified atom stereocenters. The molecule has 0 aliphatic heterocycles. The fourth-order valence-corrected chi connectivity index (χ4v) is 3.63. The Bertz CT molecular complexity index is 837. The molecule has 0 fully saturated rings. The van der Waals surface area contributed by atoms with Crippen molar-refractivity contribution in [3.8, 4) is 0 Å². The maximum atomic E-state index is 13.5. The van der Waals surface area contributed by atoms with Crippen molar-refractivity contribution < 1.29 is 19.1 Å². The Labute approximate surface area is 199 Å². The van der Waals surface area contributed by atoms with E-state index in [-0.39, 0.29) is 24.4 Å². The lowest BCUT2D eigenvalue weighted by Crippen LogP contribution is -2.55. The SMILES string of the molecule is CCCC(C)NC(=O)C(c1ccc(C)c(C)c1)N(C(=O)CNC(=O)OC(C)(C)C)C(C)(C)C. The van der Waals surface area contributed by atoms with Crippen LogP contribution in [0.4, 0.5) is 4.79 Å². The zero-order valence-corrected chi connectivity index (χ0v) is 22.1. The Morgan fingerprint density at radius 2 is 1.64 bits per heavy atom. The number of alkyl carbamates (subject to hydrolysis) is 1. The van der Waals surface area contributed by atoms with Crippen LogP contribution in [-0.2, 0) is 14.3 Å². The highest BCUT2D eigenvalue weighted by molar-refractivity contribution is 5.91. The second kappa shape index (κ2) is 11.5. The van der Waals surface area contributed by atoms with Gasteiger partial charge in [0.1, 0.15) is 18.2 Å². The predicted octanol–water partition coefficient (Wildman–Crippen LogP) is 4.80. The van der Waals surface area contributed by atoms with Gasteiger partial charge in [0.2, 0.25) is 11.8 Å². The quantitative estimate of drug-likeness (QED) is 0.582. The summed E-state index contributed by atoms with van der Waals surface area (Å²) in [6.07, 6.45) is 1.11. The number of amides is 3. The molecule has 0 bridgehead atoms. The zero-order valence-electron chi connectivity index (χ0n) is 22.1. The lowest BCUT2D eigenvalue weighted by molar-refractivity contribution is -0.146. The maximum Gasteiger partial charge on any atom is 0.408 e. The molecule has 7 nitrogen and oxygen atoms in total. The van der Waals surface area contributed by atoms with Crippen LogP contribution in [0.5, 0.6) is 0 Å². The Kier molecular flexibility index (Phi) is 9.94. The number of nitrogens with one attached hydrogen (secondary N) is 2. The van der Waals surface area contributed by atoms with Gasteiger partial charge in [-0.25, -0.2) is 4.79 Å². The highest BCUT2D eigenvalue weighted by Gasteiger charge is 2.39. The van der Waals surface area contributed by atoms with Crippen LogP contribution < -0.4 is 10.6 Å². The molecule has 0 heterocycles. The largest absolute Gasteiger partial charge is 0.444 e. The smallest absolute Gasteiger partial charge is 0.408 e. The molecule has 0 aromatic heterocycles. The van der Waals surface area contributed by atoms with Gasteiger partial charge in [0.25, 0.3) is 0 Å². The van der Waals surface area contributed by atoms with Crippen LogP contribution in [0.25, 0.3) is 0 Å². The number of hydrogen-bond acceptors (Lipinski definition) is 4. The third-order valence-corrected chi connectivity index (χ3v) is 5.24. The summed E-state index contributed by atoms with van der Waals surface area (Å²) in [5.74, 6) is -0.602. The molecule has 0 aliphatic carbocycles. The second-order valence-corrected chi connectivity index (χ2v) is 10.7. The third kappa shape index (κ3) is 9.06. The average molecular weight is 462 g/mol. The van der Waals surface area contributed by atoms with E-state index < -0.39 is 23.3 Å². The lowest BCUT2D eigenvalue weighted by Gasteiger charge is -2.41. The first-order chi connectivity index (χ1) is 15.1. The number of benzene rings is 1. The van der Waals surface area contributed by atoms with Crippen LogP contribution in [0.2, 0.25) is 0 Å². The number of rotatable bonds is 8. The van der Waals surface area contributed by atoms with E-state index in [1.807, 2.05) is 59.7 Å². The van der Waals surface area contributed by atoms with Crippen molar-refractivity contribution in [2.75, 3.05) is 6.54 Å². The standard InChI is InChI=1S/C26H43N3O4/c1-11-12-19(4)28-23(31)22(20-14-13-17(2)18(3)15-20)29(25(5,6)7)21(30)16-27-24(32)33-26(8,9)10/h13-15,19,22H,11-12,16H2,1-10H3,(H,27,32)(H,28,31). The van der Waals surface area contributed by atoms with Crippen LogP contribution in [0.15, 0.2) is 18.2 Å². The molecule has 0 aliphatic rings. The number of aryl methyl sites for hydroxylation is 2. The molecule has 33 heavy (non-hydrogen) atoms. The van der Waals surface area contributed by atoms with E-state index >= 15 is 0 Å². The summed E-state index contributed by atoms with van der Waals surface area (Å²) in [7, 11) is 0. The predicted molar refractivity (Wildman–Crippen MR) is 132 cm³/mol. The van der Waals surface area contributed by atoms with Gasteiger partial charge in [0, 0.05) is 11.6 Å². The topological polar surface area (TPSA) is 87.7 Å². The first kappa shape index (κ1) is 28.5. The zero-order chi connectivity index (χ0) is 25.6. The van der Waals surface area contributed by atoms with Crippen molar-refractivity contribution in [3.63, 3.8) is 0 Å². The molecular weight excluding hydrogens is 418 g/mol. The summed E-state index contributed by atoms with van der Waals surface area (Å²) >= 11 is 0. The second-order valence-electron chi connectivity index (χ2n) is 10.7. The van der Waals surface area contributed by atoms with Crippen molar-refractivity contribution in [2.45, 2.75) is 105 Å². The van der Waals surface area contributed by atoms with E-state index in [1.165, 1.54) is 0 Å². The number of hydrogen-bond donors (Lipinski definition) is 2. The molecule has 0 radical (unpaired) electrons. The van der Waals surface area contributed by atoms with Gasteiger partial charge < -0.3 is 20.3 Å². The highest BCUT2D eigenvalue weighted by atomic mass is 16.6. The van der Waals surface area contributed by atoms with Crippen molar-refractivity contribution in [1.29, 1.82) is 0 Å². The molecule has 186 valence electrons. The average Bonchev–Trinajstić information content (AvgIpc) is 2.64. The fourth-order valence-electron chi connectivity index (χ4n) is 3.63. The molecule has 2 N–H and O–H groups in total. The molecule has 7 heteroatoms. The first-order valence-electron chi connectivity index (χ1n) is 11.7. The molecule has 1 aromatic carbocycles. The molecule has 2 atom stereocenters. The Morgan fingerprint density at radius 3 is 2.12 bits per heavy atom. The summed E-state index contributed by atoms with van der Waals surface area (Å²) in [5.41, 5.74) is 1.53. The van der Waals surface area contributed by atoms with Crippen molar-refractivity contribution in [2.24, 2.45) is 0 Å². The minimum Gasteiger partial charge on any atom is -0.444 e. The molecule has 1 aromatic rings. The Hall–Kier alpha value is -2.57. The summed E-state index contributed by atoms with van der Waals surface area (Å²) < 4.78 is 5.25. The van der Waals surface area contributed by atoms with Crippen LogP contribution >= 0.6 is 0 Å². The third-order valence-electron chi connectivity index (χ3n) is 5.24. The van der Waals surface area contributed by atoms with Gasteiger partial charge in [-0.15, -0.1) is 0 Å². The van der Waals surface area contributed by atoms with Crippen LogP contribution in [0, 0.1) is 13.8 Å². The summed E-state index contributed by atoms with van der Waals surface area (Å²) in [6.45, 7) is 18.7. The normalized spacial score (nSPS) is 13.6. The van der Waals surface area contributed by atoms with Crippen molar-refractivity contribution in [1.82, 2.24) is 15.5 Å². The van der Waals surface area contributed by atoms with Gasteiger partial charge in [-0.2, -0.15) is 0 Å². The number of carbonyl (C=O) groups is 3. The van der Waals surface area contributed by atoms with E-state index in [0.717, 1.165) is 29.5 Å². The van der Waals surface area contributed by atoms with Gasteiger partial charge in [-0.1, -0.05) is 31.5 Å². The number of ether oxygens (including phenoxy) is 1. The van der Waals surface area contributed by atoms with Crippen LogP contribution in [-0.4, -0.2) is 46.5 Å². The first-order valence-corrected chi connectivity index (χ1v) is 11.7. The van der Waals surface area contributed by atoms with E-state index in [1.54, 1.807) is 25.7 Å². The van der Waals surface area contributed by atoms with E-state index in [4.69, 9.17) is 4.74 Å². The summed E-state index contributed by atoms with van der Waals surface area (Å²) in [4.78, 5) is 40.6. The van der Waals surface area contributed by atoms with Gasteiger partial charge in [-0.05, 0) is 85.4 Å². The monoisotopic (exact) mass is 461 g/mol. The molecule has 0 saturated heterocycles. The summed E-state index contributed by atoms with van der Waals surface area (Å²) in [6, 6.07) is 4.96. The minimum atomic E-state index is -0.837. The lowest BCUT2D eigenvalue weighted by atomic mass is 9.94. The Morgan fingerprint density at radius 1 is 1.03 bits per heavy atom. The molecule has 0 spiro atoms. The van der Waals surface area contributed by atoms with Gasteiger partial charge in [0.05, 0.1) is 0 Å². The maximum absolute atomic E-state index is 13.5. The van der Waals surface area contributed by atoms with Crippen LogP contribution in [0.1, 0.15) is 91.0 Å². The van der Waals surface area contributed by atoms with Crippen LogP contribution in [0.3, 0.4) is 0 Å². The molecule has 3 amide bonds. The van der Waals surface area contributed by atoms with Crippen molar-refractivity contribution >= 4 is 17.9 Å². The van der Waals surface area contributed by atoms with E-state index in [0.29, 0.717) is 0 Å². The highest BCUT2D eigenvalue weighted by Crippen LogP contribution is 2.30. The minimum absolute atomic E-state index is 0.0200. The molecular formula is C26H43N3O4. The fraction of sp³-hybridized carbons (Fsp3) is 0.654. The van der Waals surface area contributed by atoms with Gasteiger partial charge in [0.15, 0.2) is 0 Å². The number of carbonyl (C=O) groups excluding carboxylic acids is 3. The number of nitrogens with zero attached hydrogens (tertiary/aromatic N) is 1. The van der Waals surface area contributed by atoms with Crippen molar-refractivity contribution in [3.05, 3.63) is 34.9 Å². The Balaban J connectivity index is 3.34. The molecule has 1 rings (SSSR count). The van der Waals surface area contributed by atoms with Gasteiger partial charge in [-0.3, -0.25) is 9.59 Å². The van der Waals surface area contributed by atoms with Gasteiger partial charge >= 0.3 is 6.09 Å². The van der Waals surface area contributed by atoms with E-state index in [9.17, 15) is 14.4 Å². The summed E-state index contributed by atoms with van der Waals surface area (Å²) in [5, 5.41) is 5.61. The molecule has 0 saturated carbocycles. The van der Waals surface area contributed by atoms with E-state index in [2.05, 4.69) is 17.6 Å².